The molecule has 2 aromatic carbocycles. The second-order valence-electron chi connectivity index (χ2n) is 7.10. The summed E-state index contributed by atoms with van der Waals surface area (Å²) in [6.07, 6.45) is 0. The van der Waals surface area contributed by atoms with Gasteiger partial charge in [0.1, 0.15) is 0 Å². The molecule has 0 aliphatic carbocycles. The number of benzene rings is 2. The van der Waals surface area contributed by atoms with Gasteiger partial charge in [0.2, 0.25) is 5.91 Å². The highest BCUT2D eigenvalue weighted by molar-refractivity contribution is 6.07. The van der Waals surface area contributed by atoms with Gasteiger partial charge in [0.05, 0.1) is 17.4 Å². The molecule has 0 unspecified atom stereocenters. The van der Waals surface area contributed by atoms with Gasteiger partial charge < -0.3 is 16.4 Å². The van der Waals surface area contributed by atoms with Crippen molar-refractivity contribution in [2.75, 3.05) is 10.6 Å². The van der Waals surface area contributed by atoms with E-state index in [0.717, 1.165) is 5.56 Å². The highest BCUT2D eigenvalue weighted by Gasteiger charge is 2.15. The third kappa shape index (κ3) is 4.90. The minimum atomic E-state index is -0.631. The lowest BCUT2D eigenvalue weighted by Crippen LogP contribution is -2.32. The van der Waals surface area contributed by atoms with E-state index in [4.69, 9.17) is 5.73 Å². The van der Waals surface area contributed by atoms with Crippen LogP contribution in [0.2, 0.25) is 0 Å². The first-order chi connectivity index (χ1) is 11.7. The summed E-state index contributed by atoms with van der Waals surface area (Å²) in [5, 5.41) is 5.55. The van der Waals surface area contributed by atoms with E-state index in [1.165, 1.54) is 0 Å². The number of nitrogens with one attached hydrogen (secondary N) is 2. The van der Waals surface area contributed by atoms with Gasteiger partial charge in [-0.1, -0.05) is 45.0 Å². The molecule has 0 fully saturated rings. The Morgan fingerprint density at radius 2 is 1.44 bits per heavy atom. The molecule has 0 saturated heterocycles. The third-order valence-electron chi connectivity index (χ3n) is 3.86. The van der Waals surface area contributed by atoms with Crippen LogP contribution < -0.4 is 16.4 Å². The van der Waals surface area contributed by atoms with Crippen molar-refractivity contribution in [1.82, 2.24) is 0 Å². The minimum Gasteiger partial charge on any atom is -0.323 e. The molecule has 25 heavy (non-hydrogen) atoms. The quantitative estimate of drug-likeness (QED) is 0.797. The maximum atomic E-state index is 12.5. The zero-order valence-electron chi connectivity index (χ0n) is 15.1. The molecule has 5 nitrogen and oxygen atoms in total. The second-order valence-corrected chi connectivity index (χ2v) is 7.10. The molecule has 2 amide bonds. The molecule has 0 spiro atoms. The van der Waals surface area contributed by atoms with Crippen LogP contribution in [0.4, 0.5) is 11.4 Å². The van der Waals surface area contributed by atoms with Crippen LogP contribution in [0.3, 0.4) is 0 Å². The number of hydrogen-bond acceptors (Lipinski definition) is 3. The predicted octanol–water partition coefficient (Wildman–Crippen LogP) is 3.52. The molecule has 0 saturated carbocycles. The van der Waals surface area contributed by atoms with Gasteiger partial charge in [-0.2, -0.15) is 0 Å². The summed E-state index contributed by atoms with van der Waals surface area (Å²) in [5.74, 6) is -0.542. The van der Waals surface area contributed by atoms with Crippen LogP contribution in [0.5, 0.6) is 0 Å². The van der Waals surface area contributed by atoms with Gasteiger partial charge in [-0.15, -0.1) is 0 Å². The standard InChI is InChI=1S/C20H25N3O2/c1-13(21)18(24)22-16-7-5-6-8-17(16)23-19(25)14-9-11-15(12-10-14)20(2,3)4/h5-13H,21H2,1-4H3,(H,22,24)(H,23,25)/t13-/m0/s1. The number of para-hydroxylation sites is 2. The fraction of sp³-hybridized carbons (Fsp3) is 0.300. The smallest absolute Gasteiger partial charge is 0.255 e. The van der Waals surface area contributed by atoms with Gasteiger partial charge in [0.25, 0.3) is 5.91 Å². The van der Waals surface area contributed by atoms with Gasteiger partial charge in [0.15, 0.2) is 0 Å². The van der Waals surface area contributed by atoms with Crippen LogP contribution in [0.1, 0.15) is 43.6 Å². The largest absolute Gasteiger partial charge is 0.323 e. The van der Waals surface area contributed by atoms with Crippen molar-refractivity contribution in [2.24, 2.45) is 5.73 Å². The van der Waals surface area contributed by atoms with Gasteiger partial charge >= 0.3 is 0 Å². The molecule has 0 bridgehead atoms. The van der Waals surface area contributed by atoms with Crippen LogP contribution in [-0.4, -0.2) is 17.9 Å². The van der Waals surface area contributed by atoms with E-state index in [9.17, 15) is 9.59 Å². The molecule has 2 rings (SSSR count). The molecular weight excluding hydrogens is 314 g/mol. The third-order valence-corrected chi connectivity index (χ3v) is 3.86. The predicted molar refractivity (Wildman–Crippen MR) is 102 cm³/mol. The van der Waals surface area contributed by atoms with Gasteiger partial charge in [-0.05, 0) is 42.2 Å². The molecule has 5 heteroatoms. The molecule has 4 N–H and O–H groups in total. The van der Waals surface area contributed by atoms with Crippen LogP contribution in [-0.2, 0) is 10.2 Å². The van der Waals surface area contributed by atoms with Crippen molar-refractivity contribution in [2.45, 2.75) is 39.2 Å². The van der Waals surface area contributed by atoms with Crippen LogP contribution in [0, 0.1) is 0 Å². The van der Waals surface area contributed by atoms with E-state index >= 15 is 0 Å². The molecular formula is C20H25N3O2. The summed E-state index contributed by atoms with van der Waals surface area (Å²) in [7, 11) is 0. The maximum absolute atomic E-state index is 12.5. The summed E-state index contributed by atoms with van der Waals surface area (Å²) >= 11 is 0. The lowest BCUT2D eigenvalue weighted by molar-refractivity contribution is -0.117. The average molecular weight is 339 g/mol. The first-order valence-electron chi connectivity index (χ1n) is 8.26. The molecule has 0 heterocycles. The van der Waals surface area contributed by atoms with Crippen molar-refractivity contribution >= 4 is 23.2 Å². The summed E-state index contributed by atoms with van der Waals surface area (Å²) in [6, 6.07) is 13.9. The maximum Gasteiger partial charge on any atom is 0.255 e. The molecule has 0 aliphatic heterocycles. The lowest BCUT2D eigenvalue weighted by Gasteiger charge is -2.19. The molecule has 2 aromatic rings. The van der Waals surface area contributed by atoms with E-state index < -0.39 is 6.04 Å². The number of nitrogens with two attached hydrogens (primary N) is 1. The molecule has 1 atom stereocenters. The molecule has 132 valence electrons. The summed E-state index contributed by atoms with van der Waals surface area (Å²) < 4.78 is 0. The second kappa shape index (κ2) is 7.49. The SMILES string of the molecule is C[C@H](N)C(=O)Nc1ccccc1NC(=O)c1ccc(C(C)(C)C)cc1. The monoisotopic (exact) mass is 339 g/mol. The van der Waals surface area contributed by atoms with Gasteiger partial charge in [-0.3, -0.25) is 9.59 Å². The highest BCUT2D eigenvalue weighted by Crippen LogP contribution is 2.24. The Labute approximate surface area is 148 Å². The zero-order chi connectivity index (χ0) is 18.6. The first kappa shape index (κ1) is 18.7. The van der Waals surface area contributed by atoms with Crippen molar-refractivity contribution in [3.63, 3.8) is 0 Å². The van der Waals surface area contributed by atoms with E-state index in [-0.39, 0.29) is 17.2 Å². The van der Waals surface area contributed by atoms with Crippen molar-refractivity contribution in [1.29, 1.82) is 0 Å². The minimum absolute atomic E-state index is 0.0325. The van der Waals surface area contributed by atoms with Crippen molar-refractivity contribution < 1.29 is 9.59 Å². The van der Waals surface area contributed by atoms with E-state index in [1.807, 2.05) is 12.1 Å². The Morgan fingerprint density at radius 3 is 1.92 bits per heavy atom. The number of anilines is 2. The number of amides is 2. The Bertz CT molecular complexity index is 759. The summed E-state index contributed by atoms with van der Waals surface area (Å²) in [5.41, 5.74) is 8.37. The van der Waals surface area contributed by atoms with Gasteiger partial charge in [0, 0.05) is 5.56 Å². The van der Waals surface area contributed by atoms with Crippen LogP contribution >= 0.6 is 0 Å². The Morgan fingerprint density at radius 1 is 0.920 bits per heavy atom. The van der Waals surface area contributed by atoms with E-state index in [0.29, 0.717) is 16.9 Å². The highest BCUT2D eigenvalue weighted by atomic mass is 16.2. The fourth-order valence-electron chi connectivity index (χ4n) is 2.26. The lowest BCUT2D eigenvalue weighted by atomic mass is 9.87. The average Bonchev–Trinajstić information content (AvgIpc) is 2.55. The zero-order valence-corrected chi connectivity index (χ0v) is 15.1. The van der Waals surface area contributed by atoms with E-state index in [2.05, 4.69) is 31.4 Å². The first-order valence-corrected chi connectivity index (χ1v) is 8.26. The Kier molecular flexibility index (Phi) is 5.59. The number of rotatable bonds is 4. The normalized spacial score (nSPS) is 12.4. The van der Waals surface area contributed by atoms with Gasteiger partial charge in [-0.25, -0.2) is 0 Å². The summed E-state index contributed by atoms with van der Waals surface area (Å²) in [6.45, 7) is 7.98. The number of hydrogen-bond donors (Lipinski definition) is 3. The summed E-state index contributed by atoms with van der Waals surface area (Å²) in [4.78, 5) is 24.3. The number of carbonyl (C=O) groups excluding carboxylic acids is 2. The van der Waals surface area contributed by atoms with E-state index in [1.54, 1.807) is 43.3 Å². The molecule has 0 aromatic heterocycles. The fourth-order valence-corrected chi connectivity index (χ4v) is 2.26. The Balaban J connectivity index is 2.17. The van der Waals surface area contributed by atoms with Crippen molar-refractivity contribution in [3.05, 3.63) is 59.7 Å². The van der Waals surface area contributed by atoms with Crippen LogP contribution in [0.25, 0.3) is 0 Å². The van der Waals surface area contributed by atoms with Crippen LogP contribution in [0.15, 0.2) is 48.5 Å². The van der Waals surface area contributed by atoms with Crippen molar-refractivity contribution in [3.8, 4) is 0 Å². The topological polar surface area (TPSA) is 84.2 Å². The molecule has 0 radical (unpaired) electrons. The molecule has 0 aliphatic rings. The Hall–Kier alpha value is -2.66. The number of carbonyl (C=O) groups is 2.